The van der Waals surface area contributed by atoms with Crippen LogP contribution in [0.5, 0.6) is 0 Å². The van der Waals surface area contributed by atoms with Gasteiger partial charge in [-0.2, -0.15) is 0 Å². The van der Waals surface area contributed by atoms with Crippen LogP contribution in [-0.2, 0) is 19.6 Å². The Hall–Kier alpha value is -2.39. The van der Waals surface area contributed by atoms with Crippen molar-refractivity contribution < 1.29 is 22.7 Å². The lowest BCUT2D eigenvalue weighted by molar-refractivity contribution is -0.147. The van der Waals surface area contributed by atoms with Crippen molar-refractivity contribution >= 4 is 38.9 Å². The highest BCUT2D eigenvalue weighted by molar-refractivity contribution is 7.94. The Balaban J connectivity index is 2.12. The normalized spacial score (nSPS) is 13.4. The SMILES string of the molecule is CCCC(C)(NC(=O)c1ccc(NS(=O)(=O)c2cccs2)cc1)C(=O)OC. The lowest BCUT2D eigenvalue weighted by Crippen LogP contribution is -2.52. The first kappa shape index (κ1) is 20.9. The number of hydrogen-bond donors (Lipinski definition) is 2. The third kappa shape index (κ3) is 5.08. The molecule has 0 bridgehead atoms. The number of nitrogens with one attached hydrogen (secondary N) is 2. The Morgan fingerprint density at radius 1 is 1.19 bits per heavy atom. The largest absolute Gasteiger partial charge is 0.467 e. The Kier molecular flexibility index (Phi) is 6.61. The molecule has 1 unspecified atom stereocenters. The minimum Gasteiger partial charge on any atom is -0.467 e. The third-order valence-corrected chi connectivity index (χ3v) is 6.71. The van der Waals surface area contributed by atoms with Gasteiger partial charge in [0.25, 0.3) is 15.9 Å². The van der Waals surface area contributed by atoms with Gasteiger partial charge in [-0.3, -0.25) is 9.52 Å². The van der Waals surface area contributed by atoms with Crippen molar-refractivity contribution in [3.63, 3.8) is 0 Å². The van der Waals surface area contributed by atoms with Gasteiger partial charge in [-0.25, -0.2) is 13.2 Å². The zero-order valence-electron chi connectivity index (χ0n) is 15.3. The lowest BCUT2D eigenvalue weighted by atomic mass is 9.95. The standard InChI is InChI=1S/C18H22N2O5S2/c1-4-11-18(2,17(22)25-3)19-16(21)13-7-9-14(10-8-13)20-27(23,24)15-6-5-12-26-15/h5-10,12,20H,4,11H2,1-3H3,(H,19,21). The summed E-state index contributed by atoms with van der Waals surface area (Å²) in [7, 11) is -2.37. The maximum absolute atomic E-state index is 12.5. The van der Waals surface area contributed by atoms with Crippen LogP contribution < -0.4 is 10.0 Å². The summed E-state index contributed by atoms with van der Waals surface area (Å²) in [6, 6.07) is 9.14. The first-order valence-corrected chi connectivity index (χ1v) is 10.7. The monoisotopic (exact) mass is 410 g/mol. The van der Waals surface area contributed by atoms with E-state index in [-0.39, 0.29) is 4.21 Å². The van der Waals surface area contributed by atoms with Gasteiger partial charge in [0.15, 0.2) is 0 Å². The fourth-order valence-electron chi connectivity index (χ4n) is 2.58. The fourth-order valence-corrected chi connectivity index (χ4v) is 4.63. The number of ether oxygens (including phenoxy) is 1. The second-order valence-electron chi connectivity index (χ2n) is 6.14. The van der Waals surface area contributed by atoms with Crippen molar-refractivity contribution in [1.82, 2.24) is 5.32 Å². The Morgan fingerprint density at radius 3 is 2.37 bits per heavy atom. The van der Waals surface area contributed by atoms with Crippen LogP contribution >= 0.6 is 11.3 Å². The molecule has 0 radical (unpaired) electrons. The predicted octanol–water partition coefficient (Wildman–Crippen LogP) is 3.01. The van der Waals surface area contributed by atoms with E-state index in [0.29, 0.717) is 24.1 Å². The van der Waals surface area contributed by atoms with Crippen LogP contribution in [0.4, 0.5) is 5.69 Å². The predicted molar refractivity (Wildman–Crippen MR) is 104 cm³/mol. The van der Waals surface area contributed by atoms with Crippen molar-refractivity contribution in [2.45, 2.75) is 36.4 Å². The molecular weight excluding hydrogens is 388 g/mol. The summed E-state index contributed by atoms with van der Waals surface area (Å²) < 4.78 is 31.9. The molecular formula is C18H22N2O5S2. The van der Waals surface area contributed by atoms with Crippen LogP contribution in [0.1, 0.15) is 37.0 Å². The molecule has 2 N–H and O–H groups in total. The summed E-state index contributed by atoms with van der Waals surface area (Å²) in [5, 5.41) is 4.38. The average molecular weight is 411 g/mol. The zero-order valence-corrected chi connectivity index (χ0v) is 16.9. The van der Waals surface area contributed by atoms with Crippen molar-refractivity contribution in [2.75, 3.05) is 11.8 Å². The maximum Gasteiger partial charge on any atom is 0.331 e. The number of benzene rings is 1. The number of carbonyl (C=O) groups excluding carboxylic acids is 2. The molecule has 1 heterocycles. The highest BCUT2D eigenvalue weighted by Crippen LogP contribution is 2.21. The smallest absolute Gasteiger partial charge is 0.331 e. The van der Waals surface area contributed by atoms with Gasteiger partial charge in [-0.1, -0.05) is 19.4 Å². The van der Waals surface area contributed by atoms with Crippen molar-refractivity contribution in [3.05, 3.63) is 47.3 Å². The van der Waals surface area contributed by atoms with Crippen LogP contribution in [-0.4, -0.2) is 32.9 Å². The summed E-state index contributed by atoms with van der Waals surface area (Å²) in [6.07, 6.45) is 1.12. The fraction of sp³-hybridized carbons (Fsp3) is 0.333. The molecule has 0 saturated heterocycles. The van der Waals surface area contributed by atoms with Gasteiger partial charge >= 0.3 is 5.97 Å². The van der Waals surface area contributed by atoms with Crippen molar-refractivity contribution in [1.29, 1.82) is 0 Å². The molecule has 0 spiro atoms. The average Bonchev–Trinajstić information content (AvgIpc) is 3.17. The summed E-state index contributed by atoms with van der Waals surface area (Å²) >= 11 is 1.11. The first-order chi connectivity index (χ1) is 12.7. The van der Waals surface area contributed by atoms with Crippen LogP contribution in [0.3, 0.4) is 0 Å². The molecule has 1 aromatic carbocycles. The molecule has 0 aliphatic heterocycles. The van der Waals surface area contributed by atoms with Gasteiger partial charge in [-0.05, 0) is 49.1 Å². The third-order valence-electron chi connectivity index (χ3n) is 3.93. The quantitative estimate of drug-likeness (QED) is 0.652. The molecule has 0 fully saturated rings. The molecule has 7 nitrogen and oxygen atoms in total. The van der Waals surface area contributed by atoms with Crippen LogP contribution in [0, 0.1) is 0 Å². The molecule has 1 atom stereocenters. The number of thiophene rings is 1. The van der Waals surface area contributed by atoms with E-state index in [1.807, 2.05) is 6.92 Å². The van der Waals surface area contributed by atoms with Crippen LogP contribution in [0.2, 0.25) is 0 Å². The number of anilines is 1. The number of esters is 1. The van der Waals surface area contributed by atoms with Gasteiger partial charge in [-0.15, -0.1) is 11.3 Å². The zero-order chi connectivity index (χ0) is 20.1. The maximum atomic E-state index is 12.5. The minimum atomic E-state index is -3.65. The molecule has 1 amide bonds. The van der Waals surface area contributed by atoms with Crippen LogP contribution in [0.25, 0.3) is 0 Å². The topological polar surface area (TPSA) is 102 Å². The number of sulfonamides is 1. The van der Waals surface area contributed by atoms with E-state index in [4.69, 9.17) is 4.74 Å². The van der Waals surface area contributed by atoms with E-state index in [0.717, 1.165) is 11.3 Å². The van der Waals surface area contributed by atoms with E-state index in [1.165, 1.54) is 37.4 Å². The highest BCUT2D eigenvalue weighted by atomic mass is 32.2. The number of hydrogen-bond acceptors (Lipinski definition) is 6. The summed E-state index contributed by atoms with van der Waals surface area (Å²) in [4.78, 5) is 24.5. The second kappa shape index (κ2) is 8.53. The molecule has 9 heteroatoms. The van der Waals surface area contributed by atoms with E-state index in [2.05, 4.69) is 10.0 Å². The summed E-state index contributed by atoms with van der Waals surface area (Å²) in [6.45, 7) is 3.52. The van der Waals surface area contributed by atoms with Gasteiger partial charge in [0.05, 0.1) is 7.11 Å². The lowest BCUT2D eigenvalue weighted by Gasteiger charge is -2.27. The molecule has 2 rings (SSSR count). The number of methoxy groups -OCH3 is 1. The van der Waals surface area contributed by atoms with E-state index >= 15 is 0 Å². The summed E-state index contributed by atoms with van der Waals surface area (Å²) in [5.41, 5.74) is -0.482. The van der Waals surface area contributed by atoms with Gasteiger partial charge in [0.1, 0.15) is 9.75 Å². The highest BCUT2D eigenvalue weighted by Gasteiger charge is 2.35. The molecule has 0 aliphatic rings. The van der Waals surface area contributed by atoms with Crippen molar-refractivity contribution in [3.8, 4) is 0 Å². The molecule has 2 aromatic rings. The molecule has 0 saturated carbocycles. The first-order valence-electron chi connectivity index (χ1n) is 8.29. The molecule has 27 heavy (non-hydrogen) atoms. The van der Waals surface area contributed by atoms with E-state index in [1.54, 1.807) is 18.4 Å². The summed E-state index contributed by atoms with van der Waals surface area (Å²) in [5.74, 6) is -0.956. The van der Waals surface area contributed by atoms with Gasteiger partial charge in [0, 0.05) is 11.3 Å². The van der Waals surface area contributed by atoms with Gasteiger partial charge in [0.2, 0.25) is 0 Å². The van der Waals surface area contributed by atoms with Gasteiger partial charge < -0.3 is 10.1 Å². The Labute approximate surface area is 162 Å². The number of amides is 1. The van der Waals surface area contributed by atoms with Crippen LogP contribution in [0.15, 0.2) is 46.0 Å². The number of rotatable bonds is 8. The molecule has 1 aromatic heterocycles. The molecule has 146 valence electrons. The van der Waals surface area contributed by atoms with Crippen molar-refractivity contribution in [2.24, 2.45) is 0 Å². The molecule has 0 aliphatic carbocycles. The van der Waals surface area contributed by atoms with E-state index in [9.17, 15) is 18.0 Å². The second-order valence-corrected chi connectivity index (χ2v) is 9.00. The van der Waals surface area contributed by atoms with E-state index < -0.39 is 27.4 Å². The minimum absolute atomic E-state index is 0.206. The number of carbonyl (C=O) groups is 2. The Bertz CT molecular complexity index is 892. The Morgan fingerprint density at radius 2 is 1.85 bits per heavy atom.